The second-order valence-electron chi connectivity index (χ2n) is 6.46. The first kappa shape index (κ1) is 11.3. The summed E-state index contributed by atoms with van der Waals surface area (Å²) in [5.74, 6) is 0.663. The molecule has 4 aliphatic rings. The maximum atomic E-state index is 11.6. The molecule has 4 saturated carbocycles. The highest BCUT2D eigenvalue weighted by molar-refractivity contribution is 5.81. The minimum absolute atomic E-state index is 0.0487. The Labute approximate surface area is 111 Å². The van der Waals surface area contributed by atoms with E-state index in [-0.39, 0.29) is 16.8 Å². The highest BCUT2D eigenvalue weighted by Crippen LogP contribution is 2.73. The second-order valence-corrected chi connectivity index (χ2v) is 6.46. The van der Waals surface area contributed by atoms with Crippen molar-refractivity contribution in [1.29, 1.82) is 0 Å². The largest absolute Gasteiger partial charge is 0.476 e. The van der Waals surface area contributed by atoms with Crippen LogP contribution in [0, 0.1) is 10.8 Å². The van der Waals surface area contributed by atoms with Crippen molar-refractivity contribution in [2.24, 2.45) is 10.8 Å². The van der Waals surface area contributed by atoms with Gasteiger partial charge in [-0.05, 0) is 32.1 Å². The molecule has 1 aromatic rings. The molecule has 0 amide bonds. The number of hydrogen-bond donors (Lipinski definition) is 0. The molecule has 0 saturated heterocycles. The highest BCUT2D eigenvalue weighted by atomic mass is 16.5. The van der Waals surface area contributed by atoms with Crippen LogP contribution in [0.4, 0.5) is 0 Å². The Morgan fingerprint density at radius 2 is 2.21 bits per heavy atom. The Morgan fingerprint density at radius 3 is 2.84 bits per heavy atom. The molecular weight excluding hydrogens is 244 g/mol. The summed E-state index contributed by atoms with van der Waals surface area (Å²) >= 11 is 0. The first-order valence-electron chi connectivity index (χ1n) is 6.91. The van der Waals surface area contributed by atoms with Gasteiger partial charge in [0.2, 0.25) is 5.88 Å². The minimum Gasteiger partial charge on any atom is -0.476 e. The van der Waals surface area contributed by atoms with Gasteiger partial charge in [-0.25, -0.2) is 0 Å². The van der Waals surface area contributed by atoms with Crippen LogP contribution >= 0.6 is 0 Å². The summed E-state index contributed by atoms with van der Waals surface area (Å²) in [6, 6.07) is 2.52. The van der Waals surface area contributed by atoms with Crippen molar-refractivity contribution in [1.82, 2.24) is 9.78 Å². The van der Waals surface area contributed by atoms with Crippen molar-refractivity contribution in [3.63, 3.8) is 0 Å². The molecule has 4 fully saturated rings. The van der Waals surface area contributed by atoms with Gasteiger partial charge in [-0.3, -0.25) is 9.48 Å². The summed E-state index contributed by atoms with van der Waals surface area (Å²) in [7, 11) is 1.47. The van der Waals surface area contributed by atoms with Gasteiger partial charge in [-0.2, -0.15) is 0 Å². The van der Waals surface area contributed by atoms with Crippen molar-refractivity contribution >= 4 is 5.97 Å². The molecule has 0 N–H and O–H groups in total. The Morgan fingerprint density at radius 1 is 1.47 bits per heavy atom. The Balaban J connectivity index is 1.31. The summed E-state index contributed by atoms with van der Waals surface area (Å²) in [6.45, 7) is 0.674. The second kappa shape index (κ2) is 3.52. The fourth-order valence-electron chi connectivity index (χ4n) is 3.75. The number of ether oxygens (including phenoxy) is 2. The lowest BCUT2D eigenvalue weighted by atomic mass is 9.35. The van der Waals surface area contributed by atoms with Crippen LogP contribution in [-0.2, 0) is 9.53 Å². The lowest BCUT2D eigenvalue weighted by Crippen LogP contribution is -2.67. The van der Waals surface area contributed by atoms with Gasteiger partial charge in [0.05, 0.1) is 25.2 Å². The number of methoxy groups -OCH3 is 1. The van der Waals surface area contributed by atoms with E-state index in [1.54, 1.807) is 0 Å². The van der Waals surface area contributed by atoms with Gasteiger partial charge in [-0.1, -0.05) is 0 Å². The van der Waals surface area contributed by atoms with E-state index >= 15 is 0 Å². The molecule has 0 radical (unpaired) electrons. The fraction of sp³-hybridized carbons (Fsp3) is 0.714. The molecule has 1 aromatic heterocycles. The van der Waals surface area contributed by atoms with Crippen LogP contribution in [0.5, 0.6) is 5.88 Å². The van der Waals surface area contributed by atoms with Crippen molar-refractivity contribution < 1.29 is 14.3 Å². The standard InChI is InChI=1S/C14H18N2O3/c1-18-12(17)14-6-13(7-14,8-14)9-19-11-4-5-16(15-11)10-2-3-10/h4-5,10H,2-3,6-9H2,1H3. The van der Waals surface area contributed by atoms with Gasteiger partial charge in [0.25, 0.3) is 0 Å². The van der Waals surface area contributed by atoms with E-state index in [4.69, 9.17) is 9.47 Å². The van der Waals surface area contributed by atoms with Crippen LogP contribution in [-0.4, -0.2) is 29.5 Å². The van der Waals surface area contributed by atoms with E-state index in [9.17, 15) is 4.79 Å². The predicted molar refractivity (Wildman–Crippen MR) is 66.7 cm³/mol. The number of rotatable bonds is 5. The zero-order valence-electron chi connectivity index (χ0n) is 11.1. The summed E-state index contributed by atoms with van der Waals surface area (Å²) in [6.07, 6.45) is 7.19. The number of aromatic nitrogens is 2. The molecule has 102 valence electrons. The highest BCUT2D eigenvalue weighted by Gasteiger charge is 2.72. The molecule has 5 nitrogen and oxygen atoms in total. The van der Waals surface area contributed by atoms with Crippen LogP contribution in [0.25, 0.3) is 0 Å². The lowest BCUT2D eigenvalue weighted by molar-refractivity contribution is -0.233. The molecular formula is C14H18N2O3. The maximum Gasteiger partial charge on any atom is 0.311 e. The van der Waals surface area contributed by atoms with E-state index in [1.165, 1.54) is 20.0 Å². The normalized spacial score (nSPS) is 35.2. The topological polar surface area (TPSA) is 53.4 Å². The quantitative estimate of drug-likeness (QED) is 0.761. The first-order chi connectivity index (χ1) is 9.15. The molecule has 5 heteroatoms. The van der Waals surface area contributed by atoms with Gasteiger partial charge in [0.15, 0.2) is 0 Å². The van der Waals surface area contributed by atoms with E-state index in [0.29, 0.717) is 18.5 Å². The third-order valence-corrected chi connectivity index (χ3v) is 4.79. The third-order valence-electron chi connectivity index (χ3n) is 4.79. The SMILES string of the molecule is COC(=O)C12CC(COc3ccn(C4CC4)n3)(C1)C2. The molecule has 2 bridgehead atoms. The minimum atomic E-state index is -0.175. The van der Waals surface area contributed by atoms with Gasteiger partial charge < -0.3 is 9.47 Å². The monoisotopic (exact) mass is 262 g/mol. The van der Waals surface area contributed by atoms with Crippen molar-refractivity contribution in [3.05, 3.63) is 12.3 Å². The molecule has 0 atom stereocenters. The zero-order chi connectivity index (χ0) is 13.1. The Hall–Kier alpha value is -1.52. The summed E-state index contributed by atoms with van der Waals surface area (Å²) in [4.78, 5) is 11.6. The molecule has 19 heavy (non-hydrogen) atoms. The van der Waals surface area contributed by atoms with E-state index < -0.39 is 0 Å². The van der Waals surface area contributed by atoms with Crippen molar-refractivity contribution in [2.45, 2.75) is 38.1 Å². The van der Waals surface area contributed by atoms with Crippen LogP contribution in [0.1, 0.15) is 38.1 Å². The van der Waals surface area contributed by atoms with Gasteiger partial charge in [-0.15, -0.1) is 5.10 Å². The Bertz CT molecular complexity index is 513. The number of esters is 1. The summed E-state index contributed by atoms with van der Waals surface area (Å²) in [5, 5.41) is 4.42. The lowest BCUT2D eigenvalue weighted by Gasteiger charge is -2.67. The van der Waals surface area contributed by atoms with Crippen molar-refractivity contribution in [3.8, 4) is 5.88 Å². The number of carbonyl (C=O) groups excluding carboxylic acids is 1. The van der Waals surface area contributed by atoms with Gasteiger partial charge in [0.1, 0.15) is 0 Å². The zero-order valence-corrected chi connectivity index (χ0v) is 11.1. The predicted octanol–water partition coefficient (Wildman–Crippen LogP) is 1.94. The Kier molecular flexibility index (Phi) is 2.10. The van der Waals surface area contributed by atoms with Gasteiger partial charge in [0, 0.05) is 17.7 Å². The van der Waals surface area contributed by atoms with Crippen LogP contribution in [0.2, 0.25) is 0 Å². The van der Waals surface area contributed by atoms with Crippen LogP contribution in [0.3, 0.4) is 0 Å². The van der Waals surface area contributed by atoms with Crippen LogP contribution < -0.4 is 4.74 Å². The number of nitrogens with zero attached hydrogens (tertiary/aromatic N) is 2. The maximum absolute atomic E-state index is 11.6. The van der Waals surface area contributed by atoms with Crippen molar-refractivity contribution in [2.75, 3.05) is 13.7 Å². The van der Waals surface area contributed by atoms with E-state index in [0.717, 1.165) is 19.3 Å². The summed E-state index contributed by atoms with van der Waals surface area (Å²) < 4.78 is 12.6. The molecule has 0 unspecified atom stereocenters. The molecule has 0 aromatic carbocycles. The molecule has 1 heterocycles. The summed E-state index contributed by atoms with van der Waals surface area (Å²) in [5.41, 5.74) is 0.0308. The third kappa shape index (κ3) is 1.60. The fourth-order valence-corrected chi connectivity index (χ4v) is 3.75. The molecule has 5 rings (SSSR count). The van der Waals surface area contributed by atoms with Gasteiger partial charge >= 0.3 is 5.97 Å². The first-order valence-corrected chi connectivity index (χ1v) is 6.91. The number of hydrogen-bond acceptors (Lipinski definition) is 4. The molecule has 0 spiro atoms. The average Bonchev–Trinajstić information content (AvgIpc) is 3.06. The van der Waals surface area contributed by atoms with E-state index in [2.05, 4.69) is 5.10 Å². The smallest absolute Gasteiger partial charge is 0.311 e. The average molecular weight is 262 g/mol. The van der Waals surface area contributed by atoms with E-state index in [1.807, 2.05) is 16.9 Å². The number of carbonyl (C=O) groups is 1. The van der Waals surface area contributed by atoms with Crippen LogP contribution in [0.15, 0.2) is 12.3 Å². The molecule has 4 aliphatic carbocycles. The molecule has 0 aliphatic heterocycles.